The molecule has 0 radical (unpaired) electrons. The summed E-state index contributed by atoms with van der Waals surface area (Å²) in [7, 11) is 0. The van der Waals surface area contributed by atoms with E-state index < -0.39 is 18.0 Å². The normalized spacial score (nSPS) is 11.7. The molecule has 0 saturated heterocycles. The lowest BCUT2D eigenvalue weighted by Gasteiger charge is -2.16. The van der Waals surface area contributed by atoms with Crippen molar-refractivity contribution in [3.05, 3.63) is 78.4 Å². The molecule has 0 aliphatic rings. The summed E-state index contributed by atoms with van der Waals surface area (Å²) in [5, 5.41) is 16.5. The molecule has 0 bridgehead atoms. The fourth-order valence-electron chi connectivity index (χ4n) is 2.49. The molecule has 0 aromatic heterocycles. The van der Waals surface area contributed by atoms with Gasteiger partial charge < -0.3 is 15.7 Å². The highest BCUT2D eigenvalue weighted by molar-refractivity contribution is 5.93. The third-order valence-corrected chi connectivity index (χ3v) is 3.66. The van der Waals surface area contributed by atoms with Crippen LogP contribution in [0.4, 0.5) is 10.5 Å². The second kappa shape index (κ2) is 6.83. The number of aliphatic carboxylic acids is 1. The highest BCUT2D eigenvalue weighted by Crippen LogP contribution is 2.21. The molecule has 2 amide bonds. The molecule has 3 aromatic rings. The van der Waals surface area contributed by atoms with Gasteiger partial charge >= 0.3 is 12.0 Å². The van der Waals surface area contributed by atoms with Crippen LogP contribution in [0.5, 0.6) is 0 Å². The minimum atomic E-state index is -1.13. The van der Waals surface area contributed by atoms with E-state index in [9.17, 15) is 14.7 Å². The van der Waals surface area contributed by atoms with Gasteiger partial charge in [0.15, 0.2) is 6.04 Å². The number of fused-ring (bicyclic) bond motifs is 1. The average molecular weight is 320 g/mol. The smallest absolute Gasteiger partial charge is 0.330 e. The van der Waals surface area contributed by atoms with E-state index in [4.69, 9.17) is 0 Å². The van der Waals surface area contributed by atoms with Crippen LogP contribution in [0.25, 0.3) is 10.8 Å². The summed E-state index contributed by atoms with van der Waals surface area (Å²) in [5.74, 6) is -1.12. The lowest BCUT2D eigenvalue weighted by atomic mass is 10.0. The zero-order valence-corrected chi connectivity index (χ0v) is 12.8. The Hall–Kier alpha value is -3.34. The van der Waals surface area contributed by atoms with Crippen LogP contribution in [0.3, 0.4) is 0 Å². The average Bonchev–Trinajstić information content (AvgIpc) is 2.60. The molecular formula is C19H16N2O3. The molecule has 1 atom stereocenters. The monoisotopic (exact) mass is 320 g/mol. The first-order valence-electron chi connectivity index (χ1n) is 7.47. The molecule has 0 heterocycles. The van der Waals surface area contributed by atoms with Crippen LogP contribution in [0, 0.1) is 0 Å². The number of amides is 2. The fourth-order valence-corrected chi connectivity index (χ4v) is 2.49. The van der Waals surface area contributed by atoms with Crippen molar-refractivity contribution >= 4 is 28.5 Å². The topological polar surface area (TPSA) is 78.4 Å². The lowest BCUT2D eigenvalue weighted by molar-refractivity contribution is -0.139. The van der Waals surface area contributed by atoms with Crippen LogP contribution < -0.4 is 10.6 Å². The van der Waals surface area contributed by atoms with Gasteiger partial charge in [-0.15, -0.1) is 0 Å². The zero-order chi connectivity index (χ0) is 16.9. The van der Waals surface area contributed by atoms with Gasteiger partial charge in [0.1, 0.15) is 0 Å². The number of carbonyl (C=O) groups is 2. The van der Waals surface area contributed by atoms with Crippen molar-refractivity contribution < 1.29 is 14.7 Å². The Morgan fingerprint density at radius 3 is 2.21 bits per heavy atom. The Kier molecular flexibility index (Phi) is 4.43. The van der Waals surface area contributed by atoms with E-state index in [2.05, 4.69) is 10.6 Å². The summed E-state index contributed by atoms with van der Waals surface area (Å²) < 4.78 is 0. The number of hydrogen-bond acceptors (Lipinski definition) is 2. The first-order chi connectivity index (χ1) is 11.6. The van der Waals surface area contributed by atoms with Crippen molar-refractivity contribution in [1.29, 1.82) is 0 Å². The number of benzene rings is 3. The largest absolute Gasteiger partial charge is 0.479 e. The predicted octanol–water partition coefficient (Wildman–Crippen LogP) is 3.79. The third-order valence-electron chi connectivity index (χ3n) is 3.66. The van der Waals surface area contributed by atoms with Gasteiger partial charge in [-0.2, -0.15) is 0 Å². The Balaban J connectivity index is 1.81. The van der Waals surface area contributed by atoms with Crippen molar-refractivity contribution in [2.24, 2.45) is 0 Å². The molecule has 0 unspecified atom stereocenters. The maximum absolute atomic E-state index is 12.1. The molecule has 0 saturated carbocycles. The summed E-state index contributed by atoms with van der Waals surface area (Å²) in [6.07, 6.45) is 0. The standard InChI is InChI=1S/C19H16N2O3/c22-18(23)17(21-19(24)20-16-8-2-1-3-9-16)15-11-10-13-6-4-5-7-14(13)12-15/h1-12,17H,(H,22,23)(H2,20,21,24)/t17-/m0/s1. The van der Waals surface area contributed by atoms with E-state index in [1.54, 1.807) is 36.4 Å². The molecule has 5 heteroatoms. The van der Waals surface area contributed by atoms with Crippen LogP contribution in [0.2, 0.25) is 0 Å². The molecule has 0 aliphatic heterocycles. The Morgan fingerprint density at radius 1 is 0.833 bits per heavy atom. The van der Waals surface area contributed by atoms with E-state index in [1.165, 1.54) is 0 Å². The molecule has 24 heavy (non-hydrogen) atoms. The molecule has 3 rings (SSSR count). The van der Waals surface area contributed by atoms with Gasteiger partial charge in [-0.25, -0.2) is 9.59 Å². The number of hydrogen-bond donors (Lipinski definition) is 3. The summed E-state index contributed by atoms with van der Waals surface area (Å²) in [6, 6.07) is 20.2. The lowest BCUT2D eigenvalue weighted by Crippen LogP contribution is -2.36. The van der Waals surface area contributed by atoms with Gasteiger partial charge in [0.2, 0.25) is 0 Å². The first-order valence-corrected chi connectivity index (χ1v) is 7.47. The number of urea groups is 1. The van der Waals surface area contributed by atoms with Crippen molar-refractivity contribution in [3.63, 3.8) is 0 Å². The highest BCUT2D eigenvalue weighted by atomic mass is 16.4. The molecule has 0 aliphatic carbocycles. The summed E-state index contributed by atoms with van der Waals surface area (Å²) in [5.41, 5.74) is 1.11. The van der Waals surface area contributed by atoms with Gasteiger partial charge in [-0.3, -0.25) is 0 Å². The van der Waals surface area contributed by atoms with Crippen molar-refractivity contribution in [2.45, 2.75) is 6.04 Å². The van der Waals surface area contributed by atoms with Gasteiger partial charge in [0.25, 0.3) is 0 Å². The van der Waals surface area contributed by atoms with Gasteiger partial charge in [0, 0.05) is 5.69 Å². The van der Waals surface area contributed by atoms with Crippen LogP contribution in [-0.4, -0.2) is 17.1 Å². The number of carboxylic acids is 1. The summed E-state index contributed by atoms with van der Waals surface area (Å²) in [6.45, 7) is 0. The maximum atomic E-state index is 12.1. The molecular weight excluding hydrogens is 304 g/mol. The molecule has 3 N–H and O–H groups in total. The van der Waals surface area contributed by atoms with Crippen LogP contribution in [0.15, 0.2) is 72.8 Å². The number of carbonyl (C=O) groups excluding carboxylic acids is 1. The Bertz CT molecular complexity index is 878. The van der Waals surface area contributed by atoms with E-state index in [1.807, 2.05) is 36.4 Å². The summed E-state index contributed by atoms with van der Waals surface area (Å²) in [4.78, 5) is 23.7. The molecule has 0 spiro atoms. The first kappa shape index (κ1) is 15.6. The highest BCUT2D eigenvalue weighted by Gasteiger charge is 2.22. The predicted molar refractivity (Wildman–Crippen MR) is 92.9 cm³/mol. The Morgan fingerprint density at radius 2 is 1.50 bits per heavy atom. The minimum Gasteiger partial charge on any atom is -0.479 e. The Labute approximate surface area is 138 Å². The van der Waals surface area contributed by atoms with Gasteiger partial charge in [-0.05, 0) is 34.5 Å². The number of para-hydroxylation sites is 1. The quantitative estimate of drug-likeness (QED) is 0.684. The van der Waals surface area contributed by atoms with E-state index >= 15 is 0 Å². The number of nitrogens with one attached hydrogen (secondary N) is 2. The second-order valence-electron chi connectivity index (χ2n) is 5.34. The minimum absolute atomic E-state index is 0.518. The number of carboxylic acid groups (broad SMARTS) is 1. The van der Waals surface area contributed by atoms with Gasteiger partial charge in [0.05, 0.1) is 0 Å². The second-order valence-corrected chi connectivity index (χ2v) is 5.34. The number of rotatable bonds is 4. The van der Waals surface area contributed by atoms with Gasteiger partial charge in [-0.1, -0.05) is 54.6 Å². The van der Waals surface area contributed by atoms with Crippen molar-refractivity contribution in [2.75, 3.05) is 5.32 Å². The third kappa shape index (κ3) is 3.52. The van der Waals surface area contributed by atoms with Crippen LogP contribution in [-0.2, 0) is 4.79 Å². The molecule has 0 fully saturated rings. The van der Waals surface area contributed by atoms with E-state index in [0.717, 1.165) is 10.8 Å². The van der Waals surface area contributed by atoms with E-state index in [0.29, 0.717) is 11.3 Å². The molecule has 5 nitrogen and oxygen atoms in total. The molecule has 3 aromatic carbocycles. The summed E-state index contributed by atoms with van der Waals surface area (Å²) >= 11 is 0. The zero-order valence-electron chi connectivity index (χ0n) is 12.8. The molecule has 120 valence electrons. The SMILES string of the molecule is O=C(Nc1ccccc1)N[C@H](C(=O)O)c1ccc2ccccc2c1. The fraction of sp³-hybridized carbons (Fsp3) is 0.0526. The maximum Gasteiger partial charge on any atom is 0.330 e. The number of anilines is 1. The van der Waals surface area contributed by atoms with Crippen molar-refractivity contribution in [3.8, 4) is 0 Å². The van der Waals surface area contributed by atoms with E-state index in [-0.39, 0.29) is 0 Å². The van der Waals surface area contributed by atoms with Crippen LogP contribution >= 0.6 is 0 Å². The van der Waals surface area contributed by atoms with Crippen molar-refractivity contribution in [1.82, 2.24) is 5.32 Å². The van der Waals surface area contributed by atoms with Crippen LogP contribution in [0.1, 0.15) is 11.6 Å².